The van der Waals surface area contributed by atoms with Gasteiger partial charge in [0.05, 0.1) is 27.0 Å². The van der Waals surface area contributed by atoms with Crippen LogP contribution in [-0.2, 0) is 4.74 Å². The molecule has 0 N–H and O–H groups in total. The van der Waals surface area contributed by atoms with Gasteiger partial charge in [0.2, 0.25) is 0 Å². The number of aromatic nitrogens is 2. The summed E-state index contributed by atoms with van der Waals surface area (Å²) < 4.78 is 6.68. The standard InChI is InChI=1S/C22H16N4O6S/c1-2-32-22(27)21-19(14-5-7-16(8-6-14)25(28)29)20(18-4-3-13-33-18)23-24(21)15-9-11-17(12-10-15)26(30)31/h3-13H,2H2,1H3. The van der Waals surface area contributed by atoms with Gasteiger partial charge in [0, 0.05) is 29.8 Å². The highest BCUT2D eigenvalue weighted by atomic mass is 32.1. The smallest absolute Gasteiger partial charge is 0.357 e. The molecule has 0 saturated carbocycles. The minimum Gasteiger partial charge on any atom is -0.461 e. The quantitative estimate of drug-likeness (QED) is 0.207. The Morgan fingerprint density at radius 2 is 1.61 bits per heavy atom. The number of benzene rings is 2. The zero-order valence-electron chi connectivity index (χ0n) is 17.2. The minimum atomic E-state index is -0.639. The molecule has 166 valence electrons. The van der Waals surface area contributed by atoms with E-state index in [4.69, 9.17) is 4.74 Å². The Hall–Kier alpha value is -4.38. The summed E-state index contributed by atoms with van der Waals surface area (Å²) in [6, 6.07) is 15.1. The summed E-state index contributed by atoms with van der Waals surface area (Å²) in [5.41, 5.74) is 1.83. The fourth-order valence-corrected chi connectivity index (χ4v) is 4.03. The highest BCUT2D eigenvalue weighted by Gasteiger charge is 2.28. The number of nitrogens with zero attached hydrogens (tertiary/aromatic N) is 4. The lowest BCUT2D eigenvalue weighted by atomic mass is 10.0. The Balaban J connectivity index is 1.99. The number of ether oxygens (including phenoxy) is 1. The third kappa shape index (κ3) is 4.21. The average molecular weight is 464 g/mol. The van der Waals surface area contributed by atoms with Gasteiger partial charge in [0.1, 0.15) is 5.69 Å². The SMILES string of the molecule is CCOC(=O)c1c(-c2ccc([N+](=O)[O-])cc2)c(-c2cccs2)nn1-c1ccc([N+](=O)[O-])cc1. The van der Waals surface area contributed by atoms with Crippen molar-refractivity contribution in [2.45, 2.75) is 6.92 Å². The number of nitro groups is 2. The van der Waals surface area contributed by atoms with Crippen molar-refractivity contribution in [2.75, 3.05) is 6.61 Å². The van der Waals surface area contributed by atoms with Crippen LogP contribution in [0.3, 0.4) is 0 Å². The number of hydrogen-bond acceptors (Lipinski definition) is 8. The van der Waals surface area contributed by atoms with Gasteiger partial charge in [0.15, 0.2) is 5.69 Å². The van der Waals surface area contributed by atoms with Crippen LogP contribution in [0.25, 0.3) is 27.4 Å². The van der Waals surface area contributed by atoms with Crippen molar-refractivity contribution in [2.24, 2.45) is 0 Å². The van der Waals surface area contributed by atoms with Gasteiger partial charge < -0.3 is 4.74 Å². The van der Waals surface area contributed by atoms with E-state index in [2.05, 4.69) is 5.10 Å². The largest absolute Gasteiger partial charge is 0.461 e. The van der Waals surface area contributed by atoms with Crippen molar-refractivity contribution >= 4 is 28.7 Å². The molecular weight excluding hydrogens is 448 g/mol. The molecule has 0 atom stereocenters. The number of nitro benzene ring substituents is 2. The molecule has 0 amide bonds. The molecule has 0 aliphatic heterocycles. The first-order chi connectivity index (χ1) is 15.9. The van der Waals surface area contributed by atoms with Crippen molar-refractivity contribution in [3.63, 3.8) is 0 Å². The van der Waals surface area contributed by atoms with E-state index in [-0.39, 0.29) is 23.7 Å². The van der Waals surface area contributed by atoms with E-state index in [1.165, 1.54) is 52.4 Å². The second-order valence-electron chi connectivity index (χ2n) is 6.76. The van der Waals surface area contributed by atoms with Crippen LogP contribution in [0.15, 0.2) is 66.0 Å². The van der Waals surface area contributed by atoms with E-state index in [0.717, 1.165) is 4.88 Å². The molecule has 33 heavy (non-hydrogen) atoms. The number of non-ortho nitro benzene ring substituents is 2. The monoisotopic (exact) mass is 464 g/mol. The second kappa shape index (κ2) is 9.01. The number of carbonyl (C=O) groups is 1. The topological polar surface area (TPSA) is 130 Å². The van der Waals surface area contributed by atoms with Gasteiger partial charge in [-0.1, -0.05) is 6.07 Å². The maximum Gasteiger partial charge on any atom is 0.357 e. The summed E-state index contributed by atoms with van der Waals surface area (Å²) in [6.45, 7) is 1.80. The number of thiophene rings is 1. The van der Waals surface area contributed by atoms with Crippen molar-refractivity contribution in [3.8, 4) is 27.4 Å². The lowest BCUT2D eigenvalue weighted by molar-refractivity contribution is -0.385. The number of carbonyl (C=O) groups excluding carboxylic acids is 1. The summed E-state index contributed by atoms with van der Waals surface area (Å²) in [5.74, 6) is -0.639. The van der Waals surface area contributed by atoms with Crippen LogP contribution in [0.5, 0.6) is 0 Å². The fraction of sp³-hybridized carbons (Fsp3) is 0.0909. The van der Waals surface area contributed by atoms with Crippen molar-refractivity contribution < 1.29 is 19.4 Å². The van der Waals surface area contributed by atoms with Gasteiger partial charge >= 0.3 is 5.97 Å². The normalized spacial score (nSPS) is 10.7. The summed E-state index contributed by atoms with van der Waals surface area (Å²) in [5, 5.41) is 28.7. The number of hydrogen-bond donors (Lipinski definition) is 0. The Morgan fingerprint density at radius 1 is 1.00 bits per heavy atom. The molecule has 2 aromatic heterocycles. The van der Waals surface area contributed by atoms with E-state index in [9.17, 15) is 25.0 Å². The Labute approximate surface area is 191 Å². The van der Waals surface area contributed by atoms with Gasteiger partial charge in [-0.05, 0) is 48.2 Å². The number of esters is 1. The molecule has 2 heterocycles. The Morgan fingerprint density at radius 3 is 2.12 bits per heavy atom. The highest BCUT2D eigenvalue weighted by molar-refractivity contribution is 7.13. The summed E-state index contributed by atoms with van der Waals surface area (Å²) in [6.07, 6.45) is 0. The molecule has 0 aliphatic rings. The van der Waals surface area contributed by atoms with E-state index >= 15 is 0 Å². The molecule has 0 spiro atoms. The van der Waals surface area contributed by atoms with Gasteiger partial charge in [0.25, 0.3) is 11.4 Å². The van der Waals surface area contributed by atoms with Crippen LogP contribution in [0.4, 0.5) is 11.4 Å². The molecule has 0 bridgehead atoms. The molecule has 2 aromatic carbocycles. The molecule has 0 aliphatic carbocycles. The number of rotatable bonds is 7. The highest BCUT2D eigenvalue weighted by Crippen LogP contribution is 2.39. The van der Waals surface area contributed by atoms with Gasteiger partial charge in [-0.2, -0.15) is 5.10 Å². The van der Waals surface area contributed by atoms with Gasteiger partial charge in [-0.3, -0.25) is 20.2 Å². The van der Waals surface area contributed by atoms with Crippen LogP contribution in [-0.4, -0.2) is 32.2 Å². The molecule has 0 fully saturated rings. The van der Waals surface area contributed by atoms with Gasteiger partial charge in [-0.15, -0.1) is 11.3 Å². The molecule has 0 unspecified atom stereocenters. The second-order valence-corrected chi connectivity index (χ2v) is 7.71. The first kappa shape index (κ1) is 21.8. The third-order valence-corrected chi connectivity index (χ3v) is 5.66. The van der Waals surface area contributed by atoms with Crippen molar-refractivity contribution in [3.05, 3.63) is 92.0 Å². The molecule has 0 saturated heterocycles. The molecule has 4 rings (SSSR count). The van der Waals surface area contributed by atoms with E-state index in [1.54, 1.807) is 19.1 Å². The van der Waals surface area contributed by atoms with E-state index < -0.39 is 15.8 Å². The Bertz CT molecular complexity index is 1330. The van der Waals surface area contributed by atoms with Crippen LogP contribution in [0, 0.1) is 20.2 Å². The predicted octanol–water partition coefficient (Wildman–Crippen LogP) is 5.26. The van der Waals surface area contributed by atoms with Crippen LogP contribution < -0.4 is 0 Å². The Kier molecular flexibility index (Phi) is 5.96. The molecular formula is C22H16N4O6S. The minimum absolute atomic E-state index is 0.0862. The van der Waals surface area contributed by atoms with Crippen molar-refractivity contribution in [1.82, 2.24) is 9.78 Å². The fourth-order valence-electron chi connectivity index (χ4n) is 3.32. The summed E-state index contributed by atoms with van der Waals surface area (Å²) in [4.78, 5) is 35.0. The predicted molar refractivity (Wildman–Crippen MR) is 122 cm³/mol. The summed E-state index contributed by atoms with van der Waals surface area (Å²) in [7, 11) is 0. The lowest BCUT2D eigenvalue weighted by Crippen LogP contribution is -2.13. The zero-order valence-corrected chi connectivity index (χ0v) is 18.0. The van der Waals surface area contributed by atoms with Crippen LogP contribution in [0.2, 0.25) is 0 Å². The molecule has 4 aromatic rings. The first-order valence-electron chi connectivity index (χ1n) is 9.74. The maximum absolute atomic E-state index is 13.1. The van der Waals surface area contributed by atoms with E-state index in [0.29, 0.717) is 22.5 Å². The first-order valence-corrected chi connectivity index (χ1v) is 10.6. The summed E-state index contributed by atoms with van der Waals surface area (Å²) >= 11 is 1.42. The molecule has 10 nitrogen and oxygen atoms in total. The maximum atomic E-state index is 13.1. The lowest BCUT2D eigenvalue weighted by Gasteiger charge is -2.09. The zero-order chi connectivity index (χ0) is 23.5. The van der Waals surface area contributed by atoms with Gasteiger partial charge in [-0.25, -0.2) is 9.48 Å². The van der Waals surface area contributed by atoms with E-state index in [1.807, 2.05) is 17.5 Å². The average Bonchev–Trinajstić information content (AvgIpc) is 3.47. The third-order valence-electron chi connectivity index (χ3n) is 4.78. The van der Waals surface area contributed by atoms with Crippen LogP contribution in [0.1, 0.15) is 17.4 Å². The van der Waals surface area contributed by atoms with Crippen molar-refractivity contribution in [1.29, 1.82) is 0 Å². The molecule has 0 radical (unpaired) electrons. The van der Waals surface area contributed by atoms with Crippen LogP contribution >= 0.6 is 11.3 Å². The molecule has 11 heteroatoms.